The van der Waals surface area contributed by atoms with Crippen LogP contribution in [0.5, 0.6) is 0 Å². The average Bonchev–Trinajstić information content (AvgIpc) is 3.03. The number of Topliss-reactive ketones (excluding diaryl/α,β-unsaturated/α-hetero) is 1. The normalized spacial score (nSPS) is 39.6. The third-order valence-electron chi connectivity index (χ3n) is 11.2. The summed E-state index contributed by atoms with van der Waals surface area (Å²) in [7, 11) is 0. The summed E-state index contributed by atoms with van der Waals surface area (Å²) in [5.74, 6) is 1.83. The Bertz CT molecular complexity index is 908. The zero-order valence-corrected chi connectivity index (χ0v) is 22.8. The number of ketones is 1. The second-order valence-electron chi connectivity index (χ2n) is 13.8. The monoisotopic (exact) mass is 468 g/mol. The summed E-state index contributed by atoms with van der Waals surface area (Å²) in [6.07, 6.45) is 14.4. The van der Waals surface area contributed by atoms with E-state index < -0.39 is 5.97 Å². The number of hydrogen-bond acceptors (Lipinski definition) is 2. The molecule has 34 heavy (non-hydrogen) atoms. The van der Waals surface area contributed by atoms with Crippen LogP contribution in [0.25, 0.3) is 0 Å². The maximum Gasteiger partial charge on any atom is 0.304 e. The van der Waals surface area contributed by atoms with Crippen LogP contribution in [0, 0.1) is 45.3 Å². The minimum atomic E-state index is -0.677. The first kappa shape index (κ1) is 25.7. The molecular weight excluding hydrogens is 420 g/mol. The Labute approximate surface area is 207 Å². The quantitative estimate of drug-likeness (QED) is 0.385. The van der Waals surface area contributed by atoms with Crippen LogP contribution in [0.15, 0.2) is 23.3 Å². The Morgan fingerprint density at radius 2 is 1.74 bits per heavy atom. The van der Waals surface area contributed by atoms with Crippen molar-refractivity contribution >= 4 is 11.8 Å². The van der Waals surface area contributed by atoms with Gasteiger partial charge in [0.2, 0.25) is 0 Å². The molecule has 1 saturated carbocycles. The van der Waals surface area contributed by atoms with E-state index in [9.17, 15) is 14.7 Å². The van der Waals surface area contributed by atoms with Gasteiger partial charge in [-0.15, -0.1) is 0 Å². The van der Waals surface area contributed by atoms with E-state index in [1.165, 1.54) is 30.4 Å². The van der Waals surface area contributed by atoms with Gasteiger partial charge in [0.05, 0.1) is 6.42 Å². The van der Waals surface area contributed by atoms with Crippen LogP contribution in [-0.2, 0) is 9.59 Å². The smallest absolute Gasteiger partial charge is 0.304 e. The summed E-state index contributed by atoms with van der Waals surface area (Å²) < 4.78 is 0. The van der Waals surface area contributed by atoms with Gasteiger partial charge in [-0.1, -0.05) is 91.0 Å². The van der Waals surface area contributed by atoms with Gasteiger partial charge >= 0.3 is 5.97 Å². The molecule has 0 aromatic rings. The molecule has 3 nitrogen and oxygen atoms in total. The summed E-state index contributed by atoms with van der Waals surface area (Å²) in [6, 6.07) is 0. The molecule has 0 aromatic heterocycles. The van der Waals surface area contributed by atoms with Crippen LogP contribution in [0.3, 0.4) is 0 Å². The fourth-order valence-electron chi connectivity index (χ4n) is 9.25. The van der Waals surface area contributed by atoms with Crippen LogP contribution < -0.4 is 0 Å². The van der Waals surface area contributed by atoms with Gasteiger partial charge in [-0.05, 0) is 66.6 Å². The van der Waals surface area contributed by atoms with E-state index in [0.29, 0.717) is 30.0 Å². The molecule has 0 heterocycles. The number of rotatable bonds is 7. The third-order valence-corrected chi connectivity index (χ3v) is 11.2. The lowest BCUT2D eigenvalue weighted by atomic mass is 9.42. The second-order valence-corrected chi connectivity index (χ2v) is 13.8. The van der Waals surface area contributed by atoms with Crippen molar-refractivity contribution in [2.75, 3.05) is 0 Å². The molecule has 0 aromatic carbocycles. The lowest BCUT2D eigenvalue weighted by Gasteiger charge is -2.61. The van der Waals surface area contributed by atoms with Crippen LogP contribution >= 0.6 is 0 Å². The highest BCUT2D eigenvalue weighted by atomic mass is 16.4. The molecule has 190 valence electrons. The average molecular weight is 469 g/mol. The molecule has 0 spiro atoms. The molecular formula is C31H48O3. The maximum atomic E-state index is 12.9. The van der Waals surface area contributed by atoms with Crippen molar-refractivity contribution < 1.29 is 14.7 Å². The molecule has 4 aliphatic rings. The van der Waals surface area contributed by atoms with Gasteiger partial charge in [-0.25, -0.2) is 0 Å². The topological polar surface area (TPSA) is 54.4 Å². The molecule has 0 aliphatic heterocycles. The van der Waals surface area contributed by atoms with Crippen LogP contribution in [0.1, 0.15) is 113 Å². The standard InChI is InChI=1S/C31H48O3/c1-20(2)9-8-10-21(3)22-14-18-31(19-27(33)34)24-11-12-25-28(4,5)26(32)15-16-29(25,6)23(24)13-17-30(22,31)7/h14,18,20-22,25H,8-13,15-17,19H2,1-7H3,(H,33,34)/t21-,22-,25+,29-,30-,31-/m1/s1. The van der Waals surface area contributed by atoms with Crippen molar-refractivity contribution in [1.29, 1.82) is 0 Å². The number of carboxylic acid groups (broad SMARTS) is 1. The molecule has 4 aliphatic carbocycles. The van der Waals surface area contributed by atoms with Gasteiger partial charge in [0.15, 0.2) is 0 Å². The van der Waals surface area contributed by atoms with Gasteiger partial charge in [-0.2, -0.15) is 0 Å². The predicted molar refractivity (Wildman–Crippen MR) is 138 cm³/mol. The number of carboxylic acids is 1. The van der Waals surface area contributed by atoms with Crippen molar-refractivity contribution in [3.8, 4) is 0 Å². The zero-order valence-electron chi connectivity index (χ0n) is 22.8. The van der Waals surface area contributed by atoms with Crippen molar-refractivity contribution in [1.82, 2.24) is 0 Å². The van der Waals surface area contributed by atoms with E-state index >= 15 is 0 Å². The first-order valence-electron chi connectivity index (χ1n) is 14.0. The summed E-state index contributed by atoms with van der Waals surface area (Å²) >= 11 is 0. The van der Waals surface area contributed by atoms with E-state index in [0.717, 1.165) is 38.0 Å². The van der Waals surface area contributed by atoms with Crippen LogP contribution in [-0.4, -0.2) is 16.9 Å². The Kier molecular flexibility index (Phi) is 6.52. The highest BCUT2D eigenvalue weighted by Crippen LogP contribution is 2.71. The van der Waals surface area contributed by atoms with Gasteiger partial charge < -0.3 is 5.11 Å². The number of allylic oxidation sites excluding steroid dienone is 4. The maximum absolute atomic E-state index is 12.9. The van der Waals surface area contributed by atoms with Gasteiger partial charge in [0.25, 0.3) is 0 Å². The van der Waals surface area contributed by atoms with Crippen molar-refractivity contribution in [2.45, 2.75) is 113 Å². The summed E-state index contributed by atoms with van der Waals surface area (Å²) in [6.45, 7) is 16.1. The molecule has 0 saturated heterocycles. The highest BCUT2D eigenvalue weighted by molar-refractivity contribution is 5.86. The highest BCUT2D eigenvalue weighted by Gasteiger charge is 2.63. The van der Waals surface area contributed by atoms with Crippen LogP contribution in [0.4, 0.5) is 0 Å². The van der Waals surface area contributed by atoms with Gasteiger partial charge in [-0.3, -0.25) is 9.59 Å². The fraction of sp³-hybridized carbons (Fsp3) is 0.806. The van der Waals surface area contributed by atoms with E-state index in [1.807, 2.05) is 0 Å². The second kappa shape index (κ2) is 8.63. The molecule has 1 N–H and O–H groups in total. The number of fused-ring (bicyclic) bond motifs is 4. The van der Waals surface area contributed by atoms with Crippen molar-refractivity contribution in [3.05, 3.63) is 23.3 Å². The first-order chi connectivity index (χ1) is 15.8. The lowest BCUT2D eigenvalue weighted by Crippen LogP contribution is -2.55. The predicted octanol–water partition coefficient (Wildman–Crippen LogP) is 8.00. The first-order valence-corrected chi connectivity index (χ1v) is 14.0. The van der Waals surface area contributed by atoms with Crippen molar-refractivity contribution in [2.24, 2.45) is 45.3 Å². The van der Waals surface area contributed by atoms with E-state index in [-0.39, 0.29) is 28.1 Å². The molecule has 0 radical (unpaired) electrons. The minimum Gasteiger partial charge on any atom is -0.481 e. The Morgan fingerprint density at radius 1 is 1.03 bits per heavy atom. The molecule has 0 amide bonds. The fourth-order valence-corrected chi connectivity index (χ4v) is 9.25. The summed E-state index contributed by atoms with van der Waals surface area (Å²) in [5, 5.41) is 10.2. The molecule has 0 bridgehead atoms. The molecule has 0 unspecified atom stereocenters. The number of carbonyl (C=O) groups is 2. The molecule has 4 rings (SSSR count). The molecule has 6 atom stereocenters. The number of aliphatic carboxylic acids is 1. The van der Waals surface area contributed by atoms with Crippen molar-refractivity contribution in [3.63, 3.8) is 0 Å². The Hall–Kier alpha value is -1.38. The summed E-state index contributed by atoms with van der Waals surface area (Å²) in [4.78, 5) is 25.2. The zero-order chi connectivity index (χ0) is 25.1. The van der Waals surface area contributed by atoms with E-state index in [1.54, 1.807) is 0 Å². The Morgan fingerprint density at radius 3 is 2.38 bits per heavy atom. The minimum absolute atomic E-state index is 0.0205. The number of hydrogen-bond donors (Lipinski definition) is 1. The molecule has 3 heteroatoms. The SMILES string of the molecule is CC(C)CCC[C@@H](C)[C@H]1C=C[C@@]2(CC(=O)O)C3=C(CC[C@]12C)[C@@]1(C)CCC(=O)C(C)(C)[C@@H]1CC3. The largest absolute Gasteiger partial charge is 0.481 e. The van der Waals surface area contributed by atoms with Gasteiger partial charge in [0, 0.05) is 17.3 Å². The summed E-state index contributed by atoms with van der Waals surface area (Å²) in [5.41, 5.74) is 2.30. The van der Waals surface area contributed by atoms with Gasteiger partial charge in [0.1, 0.15) is 5.78 Å². The van der Waals surface area contributed by atoms with E-state index in [2.05, 4.69) is 60.6 Å². The van der Waals surface area contributed by atoms with Crippen LogP contribution in [0.2, 0.25) is 0 Å². The third kappa shape index (κ3) is 3.66. The molecule has 1 fully saturated rings. The van der Waals surface area contributed by atoms with E-state index in [4.69, 9.17) is 0 Å². The Balaban J connectivity index is 1.74. The number of carbonyl (C=O) groups excluding carboxylic acids is 1. The lowest BCUT2D eigenvalue weighted by molar-refractivity contribution is -0.142.